The molecule has 1 rings (SSSR count). The second-order valence-corrected chi connectivity index (χ2v) is 3.75. The summed E-state index contributed by atoms with van der Waals surface area (Å²) in [6.07, 6.45) is 1.84. The lowest BCUT2D eigenvalue weighted by atomic mass is 10.2. The van der Waals surface area contributed by atoms with Gasteiger partial charge in [-0.15, -0.1) is 11.8 Å². The summed E-state index contributed by atoms with van der Waals surface area (Å²) >= 11 is 7.18. The van der Waals surface area contributed by atoms with Crippen molar-refractivity contribution in [2.24, 2.45) is 0 Å². The minimum atomic E-state index is -1.03. The molecule has 1 N–H and O–H groups in total. The molecule has 0 aliphatic heterocycles. The highest BCUT2D eigenvalue weighted by molar-refractivity contribution is 7.98. The highest BCUT2D eigenvalue weighted by Gasteiger charge is 2.13. The Labute approximate surface area is 91.0 Å². The Kier molecular flexibility index (Phi) is 3.66. The average Bonchev–Trinajstić information content (AvgIpc) is 2.16. The second kappa shape index (κ2) is 4.57. The van der Waals surface area contributed by atoms with Crippen LogP contribution in [0.5, 0.6) is 5.75 Å². The van der Waals surface area contributed by atoms with Gasteiger partial charge < -0.3 is 9.84 Å². The monoisotopic (exact) mass is 232 g/mol. The van der Waals surface area contributed by atoms with Crippen LogP contribution in [0, 0.1) is 0 Å². The van der Waals surface area contributed by atoms with E-state index in [0.29, 0.717) is 5.75 Å². The van der Waals surface area contributed by atoms with Crippen LogP contribution in [0.15, 0.2) is 17.0 Å². The first-order valence-electron chi connectivity index (χ1n) is 3.75. The number of benzene rings is 1. The van der Waals surface area contributed by atoms with E-state index in [4.69, 9.17) is 21.4 Å². The van der Waals surface area contributed by atoms with Crippen molar-refractivity contribution < 1.29 is 14.6 Å². The van der Waals surface area contributed by atoms with Crippen molar-refractivity contribution in [2.45, 2.75) is 4.90 Å². The smallest absolute Gasteiger partial charge is 0.337 e. The van der Waals surface area contributed by atoms with E-state index in [0.717, 1.165) is 4.90 Å². The normalized spacial score (nSPS) is 9.93. The standard InChI is InChI=1S/C9H9ClO3S/c1-13-7-4-6(10)5(9(11)12)3-8(7)14-2/h3-4H,1-2H3,(H,11,12). The summed E-state index contributed by atoms with van der Waals surface area (Å²) in [7, 11) is 1.52. The maximum Gasteiger partial charge on any atom is 0.337 e. The summed E-state index contributed by atoms with van der Waals surface area (Å²) < 4.78 is 5.05. The molecule has 0 fully saturated rings. The molecule has 0 unspecified atom stereocenters. The zero-order valence-electron chi connectivity index (χ0n) is 7.70. The minimum Gasteiger partial charge on any atom is -0.496 e. The highest BCUT2D eigenvalue weighted by Crippen LogP contribution is 2.32. The second-order valence-electron chi connectivity index (χ2n) is 2.49. The Bertz CT molecular complexity index is 365. The summed E-state index contributed by atoms with van der Waals surface area (Å²) in [5.41, 5.74) is 0.0943. The summed E-state index contributed by atoms with van der Waals surface area (Å²) in [5.74, 6) is -0.444. The molecular formula is C9H9ClO3S. The van der Waals surface area contributed by atoms with Crippen LogP contribution >= 0.6 is 23.4 Å². The first-order valence-corrected chi connectivity index (χ1v) is 5.35. The van der Waals surface area contributed by atoms with Crippen molar-refractivity contribution in [3.05, 3.63) is 22.7 Å². The summed E-state index contributed by atoms with van der Waals surface area (Å²) in [4.78, 5) is 11.5. The van der Waals surface area contributed by atoms with E-state index in [1.807, 2.05) is 6.26 Å². The number of hydrogen-bond donors (Lipinski definition) is 1. The van der Waals surface area contributed by atoms with Gasteiger partial charge in [0.15, 0.2) is 0 Å². The number of carboxylic acid groups (broad SMARTS) is 1. The van der Waals surface area contributed by atoms with Crippen LogP contribution in [0.3, 0.4) is 0 Å². The van der Waals surface area contributed by atoms with Crippen LogP contribution in [-0.4, -0.2) is 24.4 Å². The van der Waals surface area contributed by atoms with Crippen LogP contribution in [0.4, 0.5) is 0 Å². The Morgan fingerprint density at radius 3 is 2.64 bits per heavy atom. The highest BCUT2D eigenvalue weighted by atomic mass is 35.5. The Morgan fingerprint density at radius 2 is 2.21 bits per heavy atom. The molecule has 0 aliphatic rings. The Hall–Kier alpha value is -0.870. The number of thioether (sulfide) groups is 1. The van der Waals surface area contributed by atoms with Crippen LogP contribution in [0.2, 0.25) is 5.02 Å². The zero-order valence-corrected chi connectivity index (χ0v) is 9.28. The zero-order chi connectivity index (χ0) is 10.7. The van der Waals surface area contributed by atoms with Gasteiger partial charge in [-0.2, -0.15) is 0 Å². The van der Waals surface area contributed by atoms with Gasteiger partial charge in [0, 0.05) is 6.07 Å². The van der Waals surface area contributed by atoms with E-state index < -0.39 is 5.97 Å². The predicted molar refractivity (Wildman–Crippen MR) is 56.7 cm³/mol. The molecule has 0 spiro atoms. The summed E-state index contributed by atoms with van der Waals surface area (Å²) in [6, 6.07) is 3.02. The summed E-state index contributed by atoms with van der Waals surface area (Å²) in [5, 5.41) is 9.00. The predicted octanol–water partition coefficient (Wildman–Crippen LogP) is 2.77. The van der Waals surface area contributed by atoms with Crippen molar-refractivity contribution in [3.63, 3.8) is 0 Å². The lowest BCUT2D eigenvalue weighted by Gasteiger charge is -2.08. The van der Waals surface area contributed by atoms with Gasteiger partial charge in [0.05, 0.1) is 22.6 Å². The number of aromatic carboxylic acids is 1. The number of methoxy groups -OCH3 is 1. The number of hydrogen-bond acceptors (Lipinski definition) is 3. The van der Waals surface area contributed by atoms with Crippen molar-refractivity contribution >= 4 is 29.3 Å². The van der Waals surface area contributed by atoms with E-state index in [1.54, 1.807) is 0 Å². The number of halogens is 1. The molecule has 0 bridgehead atoms. The fraction of sp³-hybridized carbons (Fsp3) is 0.222. The van der Waals surface area contributed by atoms with Gasteiger partial charge >= 0.3 is 5.97 Å². The molecule has 0 aromatic heterocycles. The SMILES string of the molecule is COc1cc(Cl)c(C(=O)O)cc1SC. The number of rotatable bonds is 3. The fourth-order valence-corrected chi connectivity index (χ4v) is 1.83. The first-order chi connectivity index (χ1) is 6.60. The molecule has 3 nitrogen and oxygen atoms in total. The molecule has 0 saturated carbocycles. The minimum absolute atomic E-state index is 0.0943. The molecular weight excluding hydrogens is 224 g/mol. The van der Waals surface area contributed by atoms with Gasteiger partial charge in [0.2, 0.25) is 0 Å². The molecule has 0 heterocycles. The third-order valence-electron chi connectivity index (χ3n) is 1.70. The van der Waals surface area contributed by atoms with Crippen LogP contribution in [0.1, 0.15) is 10.4 Å². The molecule has 0 radical (unpaired) electrons. The molecule has 14 heavy (non-hydrogen) atoms. The maximum atomic E-state index is 10.8. The van der Waals surface area contributed by atoms with Crippen molar-refractivity contribution in [2.75, 3.05) is 13.4 Å². The Morgan fingerprint density at radius 1 is 1.57 bits per heavy atom. The van der Waals surface area contributed by atoms with Gasteiger partial charge in [-0.1, -0.05) is 11.6 Å². The summed E-state index contributed by atoms with van der Waals surface area (Å²) in [6.45, 7) is 0. The van der Waals surface area contributed by atoms with Crippen LogP contribution in [-0.2, 0) is 0 Å². The number of carboxylic acids is 1. The fourth-order valence-electron chi connectivity index (χ4n) is 1.02. The van der Waals surface area contributed by atoms with E-state index in [9.17, 15) is 4.79 Å². The molecule has 0 saturated heterocycles. The first kappa shape index (κ1) is 11.2. The van der Waals surface area contributed by atoms with E-state index in [1.165, 1.54) is 31.0 Å². The van der Waals surface area contributed by atoms with Gasteiger partial charge in [0.25, 0.3) is 0 Å². The lowest BCUT2D eigenvalue weighted by molar-refractivity contribution is 0.0697. The number of ether oxygens (including phenoxy) is 1. The van der Waals surface area contributed by atoms with E-state index in [-0.39, 0.29) is 10.6 Å². The Balaban J connectivity index is 3.30. The molecule has 5 heteroatoms. The van der Waals surface area contributed by atoms with Crippen molar-refractivity contribution in [3.8, 4) is 5.75 Å². The largest absolute Gasteiger partial charge is 0.496 e. The topological polar surface area (TPSA) is 46.5 Å². The van der Waals surface area contributed by atoms with Gasteiger partial charge in [-0.3, -0.25) is 0 Å². The van der Waals surface area contributed by atoms with Crippen molar-refractivity contribution in [1.29, 1.82) is 0 Å². The van der Waals surface area contributed by atoms with Crippen LogP contribution < -0.4 is 4.74 Å². The maximum absolute atomic E-state index is 10.8. The molecule has 1 aromatic rings. The third-order valence-corrected chi connectivity index (χ3v) is 2.78. The molecule has 0 amide bonds. The average molecular weight is 233 g/mol. The molecule has 76 valence electrons. The third kappa shape index (κ3) is 2.13. The molecule has 0 atom stereocenters. The van der Waals surface area contributed by atoms with E-state index >= 15 is 0 Å². The van der Waals surface area contributed by atoms with Crippen LogP contribution in [0.25, 0.3) is 0 Å². The number of carbonyl (C=O) groups is 1. The molecule has 1 aromatic carbocycles. The van der Waals surface area contributed by atoms with Gasteiger partial charge in [-0.25, -0.2) is 4.79 Å². The van der Waals surface area contributed by atoms with Gasteiger partial charge in [-0.05, 0) is 12.3 Å². The molecule has 0 aliphatic carbocycles. The van der Waals surface area contributed by atoms with Gasteiger partial charge in [0.1, 0.15) is 5.75 Å². The quantitative estimate of drug-likeness (QED) is 0.814. The lowest BCUT2D eigenvalue weighted by Crippen LogP contribution is -1.99. The van der Waals surface area contributed by atoms with Crippen molar-refractivity contribution in [1.82, 2.24) is 0 Å². The van der Waals surface area contributed by atoms with E-state index in [2.05, 4.69) is 0 Å².